The molecule has 0 aliphatic carbocycles. The Bertz CT molecular complexity index is 895. The molecule has 0 saturated heterocycles. The molecular weight excluding hydrogens is 308 g/mol. The number of nitrogens with zero attached hydrogens (tertiary/aromatic N) is 2. The van der Waals surface area contributed by atoms with Gasteiger partial charge in [0.05, 0.1) is 37.7 Å². The van der Waals surface area contributed by atoms with Crippen LogP contribution in [0.1, 0.15) is 0 Å². The Kier molecular flexibility index (Phi) is 3.42. The quantitative estimate of drug-likeness (QED) is 0.561. The van der Waals surface area contributed by atoms with Crippen LogP contribution < -0.4 is 9.47 Å². The number of hydrogen-bond donors (Lipinski definition) is 0. The number of oxazole rings is 2. The molecule has 2 aromatic carbocycles. The number of aromatic nitrogens is 2. The molecule has 0 fully saturated rings. The molecule has 0 bridgehead atoms. The second kappa shape index (κ2) is 5.73. The average Bonchev–Trinajstić information content (AvgIpc) is 3.33. The molecule has 0 aliphatic heterocycles. The molecule has 0 saturated carbocycles. The molecule has 0 radical (unpaired) electrons. The first-order chi connectivity index (χ1) is 11.8. The van der Waals surface area contributed by atoms with Crippen LogP contribution in [0.4, 0.5) is 0 Å². The van der Waals surface area contributed by atoms with Crippen molar-refractivity contribution in [2.75, 3.05) is 14.2 Å². The van der Waals surface area contributed by atoms with Crippen molar-refractivity contribution in [1.82, 2.24) is 9.97 Å². The van der Waals surface area contributed by atoms with E-state index in [1.807, 2.05) is 24.3 Å². The molecule has 120 valence electrons. The van der Waals surface area contributed by atoms with E-state index in [2.05, 4.69) is 9.97 Å². The molecule has 2 aromatic heterocycles. The van der Waals surface area contributed by atoms with Crippen LogP contribution >= 0.6 is 0 Å². The van der Waals surface area contributed by atoms with Crippen molar-refractivity contribution < 1.29 is 18.3 Å². The minimum atomic E-state index is 0.631. The van der Waals surface area contributed by atoms with Gasteiger partial charge in [-0.05, 0) is 35.0 Å². The zero-order valence-corrected chi connectivity index (χ0v) is 13.1. The summed E-state index contributed by atoms with van der Waals surface area (Å²) in [5.41, 5.74) is 1.66. The third kappa shape index (κ3) is 2.11. The van der Waals surface area contributed by atoms with Gasteiger partial charge in [-0.2, -0.15) is 0 Å². The Balaban J connectivity index is 2.11. The molecule has 0 amide bonds. The van der Waals surface area contributed by atoms with Crippen molar-refractivity contribution in [1.29, 1.82) is 0 Å². The Morgan fingerprint density at radius 1 is 0.708 bits per heavy atom. The first-order valence-electron chi connectivity index (χ1n) is 7.29. The molecule has 6 heteroatoms. The lowest BCUT2D eigenvalue weighted by molar-refractivity contribution is 0.414. The van der Waals surface area contributed by atoms with Gasteiger partial charge in [0.1, 0.15) is 11.5 Å². The molecular formula is C18H14N2O4. The highest BCUT2D eigenvalue weighted by Crippen LogP contribution is 2.43. The second-order valence-corrected chi connectivity index (χ2v) is 5.11. The molecule has 6 nitrogen and oxygen atoms in total. The highest BCUT2D eigenvalue weighted by Gasteiger charge is 2.19. The largest absolute Gasteiger partial charge is 0.496 e. The van der Waals surface area contributed by atoms with E-state index in [-0.39, 0.29) is 0 Å². The van der Waals surface area contributed by atoms with Gasteiger partial charge in [-0.25, -0.2) is 9.97 Å². The van der Waals surface area contributed by atoms with Crippen LogP contribution in [0.25, 0.3) is 33.4 Å². The predicted molar refractivity (Wildman–Crippen MR) is 88.0 cm³/mol. The van der Waals surface area contributed by atoms with Gasteiger partial charge in [-0.1, -0.05) is 0 Å². The lowest BCUT2D eigenvalue weighted by atomic mass is 9.96. The summed E-state index contributed by atoms with van der Waals surface area (Å²) in [5.74, 6) is 2.66. The third-order valence-electron chi connectivity index (χ3n) is 3.92. The Labute approximate surface area is 137 Å². The van der Waals surface area contributed by atoms with E-state index in [1.165, 1.54) is 12.8 Å². The van der Waals surface area contributed by atoms with Gasteiger partial charge < -0.3 is 18.3 Å². The monoisotopic (exact) mass is 322 g/mol. The van der Waals surface area contributed by atoms with E-state index in [9.17, 15) is 0 Å². The molecule has 4 aromatic rings. The van der Waals surface area contributed by atoms with E-state index in [0.717, 1.165) is 21.9 Å². The summed E-state index contributed by atoms with van der Waals surface area (Å²) in [6.07, 6.45) is 6.12. The van der Waals surface area contributed by atoms with Crippen molar-refractivity contribution in [3.8, 4) is 34.1 Å². The van der Waals surface area contributed by atoms with Gasteiger partial charge in [0, 0.05) is 0 Å². The van der Waals surface area contributed by atoms with Crippen LogP contribution in [-0.4, -0.2) is 24.2 Å². The topological polar surface area (TPSA) is 70.5 Å². The van der Waals surface area contributed by atoms with Gasteiger partial charge in [0.25, 0.3) is 0 Å². The van der Waals surface area contributed by atoms with Crippen LogP contribution in [0, 0.1) is 0 Å². The van der Waals surface area contributed by atoms with Gasteiger partial charge in [0.15, 0.2) is 24.3 Å². The van der Waals surface area contributed by atoms with Gasteiger partial charge in [-0.3, -0.25) is 0 Å². The van der Waals surface area contributed by atoms with E-state index in [1.54, 1.807) is 26.6 Å². The summed E-state index contributed by atoms with van der Waals surface area (Å²) in [5, 5.41) is 1.89. The summed E-state index contributed by atoms with van der Waals surface area (Å²) in [4.78, 5) is 8.02. The number of hydrogen-bond acceptors (Lipinski definition) is 6. The van der Waals surface area contributed by atoms with Gasteiger partial charge in [-0.15, -0.1) is 0 Å². The summed E-state index contributed by atoms with van der Waals surface area (Å²) in [7, 11) is 3.25. The van der Waals surface area contributed by atoms with Gasteiger partial charge in [0.2, 0.25) is 0 Å². The lowest BCUT2D eigenvalue weighted by Crippen LogP contribution is -1.93. The molecule has 0 atom stereocenters. The average molecular weight is 322 g/mol. The number of fused-ring (bicyclic) bond motifs is 1. The third-order valence-corrected chi connectivity index (χ3v) is 3.92. The fourth-order valence-electron chi connectivity index (χ4n) is 2.89. The van der Waals surface area contributed by atoms with Crippen LogP contribution in [0.5, 0.6) is 11.5 Å². The molecule has 2 heterocycles. The fraction of sp³-hybridized carbons (Fsp3) is 0.111. The maximum atomic E-state index is 5.51. The number of ether oxygens (including phenoxy) is 2. The Morgan fingerprint density at radius 3 is 1.50 bits per heavy atom. The number of benzene rings is 2. The van der Waals surface area contributed by atoms with E-state index < -0.39 is 0 Å². The van der Waals surface area contributed by atoms with Crippen LogP contribution in [0.3, 0.4) is 0 Å². The van der Waals surface area contributed by atoms with Crippen LogP contribution in [0.2, 0.25) is 0 Å². The van der Waals surface area contributed by atoms with Gasteiger partial charge >= 0.3 is 0 Å². The molecule has 0 spiro atoms. The molecule has 0 N–H and O–H groups in total. The van der Waals surface area contributed by atoms with E-state index >= 15 is 0 Å². The summed E-state index contributed by atoms with van der Waals surface area (Å²) < 4.78 is 22.0. The maximum Gasteiger partial charge on any atom is 0.181 e. The lowest BCUT2D eigenvalue weighted by Gasteiger charge is -2.14. The smallest absolute Gasteiger partial charge is 0.181 e. The summed E-state index contributed by atoms with van der Waals surface area (Å²) in [6, 6.07) is 7.71. The highest BCUT2D eigenvalue weighted by atomic mass is 16.5. The SMILES string of the molecule is COc1ccc2c(-c3cnco3)c(OC)ccc2c1-c1cnco1. The number of methoxy groups -OCH3 is 2. The van der Waals surface area contributed by atoms with Crippen molar-refractivity contribution in [2.24, 2.45) is 0 Å². The minimum Gasteiger partial charge on any atom is -0.496 e. The minimum absolute atomic E-state index is 0.631. The molecule has 0 unspecified atom stereocenters. The Morgan fingerprint density at radius 2 is 1.17 bits per heavy atom. The summed E-state index contributed by atoms with van der Waals surface area (Å²) >= 11 is 0. The maximum absolute atomic E-state index is 5.51. The number of rotatable bonds is 4. The summed E-state index contributed by atoms with van der Waals surface area (Å²) in [6.45, 7) is 0. The van der Waals surface area contributed by atoms with Crippen molar-refractivity contribution >= 4 is 10.8 Å². The fourth-order valence-corrected chi connectivity index (χ4v) is 2.89. The van der Waals surface area contributed by atoms with E-state index in [0.29, 0.717) is 23.0 Å². The van der Waals surface area contributed by atoms with Crippen LogP contribution in [-0.2, 0) is 0 Å². The first-order valence-corrected chi connectivity index (χ1v) is 7.29. The molecule has 24 heavy (non-hydrogen) atoms. The first kappa shape index (κ1) is 14.3. The van der Waals surface area contributed by atoms with Crippen molar-refractivity contribution in [2.45, 2.75) is 0 Å². The van der Waals surface area contributed by atoms with Crippen molar-refractivity contribution in [3.05, 3.63) is 49.4 Å². The predicted octanol–water partition coefficient (Wildman–Crippen LogP) is 4.17. The zero-order valence-electron chi connectivity index (χ0n) is 13.1. The van der Waals surface area contributed by atoms with Crippen LogP contribution in [0.15, 0.2) is 58.3 Å². The van der Waals surface area contributed by atoms with Crippen molar-refractivity contribution in [3.63, 3.8) is 0 Å². The normalized spacial score (nSPS) is 10.9. The van der Waals surface area contributed by atoms with E-state index in [4.69, 9.17) is 18.3 Å². The highest BCUT2D eigenvalue weighted by molar-refractivity contribution is 6.06. The molecule has 0 aliphatic rings. The zero-order chi connectivity index (χ0) is 16.5. The second-order valence-electron chi connectivity index (χ2n) is 5.11. The molecule has 4 rings (SSSR count). The Hall–Kier alpha value is -3.28. The standard InChI is InChI=1S/C18H14N2O4/c1-21-13-5-3-12-11(17(13)15-7-19-9-23-15)4-6-14(22-2)18(12)16-8-20-10-24-16/h3-10H,1-2H3.